The molecule has 3 aromatic rings. The van der Waals surface area contributed by atoms with Crippen LogP contribution in [0.5, 0.6) is 5.75 Å². The Hall–Kier alpha value is -2.82. The number of rotatable bonds is 2. The first-order valence-electron chi connectivity index (χ1n) is 7.88. The highest BCUT2D eigenvalue weighted by Gasteiger charge is 2.26. The maximum absolute atomic E-state index is 13.6. The van der Waals surface area contributed by atoms with E-state index in [0.29, 0.717) is 24.4 Å². The lowest BCUT2D eigenvalue weighted by Gasteiger charge is -2.27. The molecule has 0 spiro atoms. The molecule has 2 heterocycles. The molecule has 1 N–H and O–H groups in total. The molecule has 1 aromatic heterocycles. The maximum Gasteiger partial charge on any atom is 0.257 e. The van der Waals surface area contributed by atoms with E-state index in [-0.39, 0.29) is 11.7 Å². The molecule has 4 rings (SSSR count). The minimum Gasteiger partial charge on any atom is -0.496 e. The number of nitrogens with zero attached hydrogens (tertiary/aromatic N) is 1. The number of halogens is 1. The summed E-state index contributed by atoms with van der Waals surface area (Å²) in [7, 11) is 1.56. The fourth-order valence-corrected chi connectivity index (χ4v) is 3.35. The summed E-state index contributed by atoms with van der Waals surface area (Å²) < 4.78 is 18.9. The van der Waals surface area contributed by atoms with Crippen molar-refractivity contribution in [3.63, 3.8) is 0 Å². The second-order valence-electron chi connectivity index (χ2n) is 5.95. The summed E-state index contributed by atoms with van der Waals surface area (Å²) in [6, 6.07) is 11.9. The van der Waals surface area contributed by atoms with E-state index in [2.05, 4.69) is 4.98 Å². The molecule has 0 aliphatic carbocycles. The molecule has 4 nitrogen and oxygen atoms in total. The fourth-order valence-electron chi connectivity index (χ4n) is 3.35. The van der Waals surface area contributed by atoms with Crippen LogP contribution < -0.4 is 4.74 Å². The van der Waals surface area contributed by atoms with Crippen LogP contribution in [0.15, 0.2) is 42.5 Å². The number of fused-ring (bicyclic) bond motifs is 3. The van der Waals surface area contributed by atoms with Crippen LogP contribution in [-0.4, -0.2) is 29.4 Å². The Morgan fingerprint density at radius 2 is 2.08 bits per heavy atom. The summed E-state index contributed by atoms with van der Waals surface area (Å²) in [5.41, 5.74) is 3.54. The molecule has 24 heavy (non-hydrogen) atoms. The van der Waals surface area contributed by atoms with E-state index >= 15 is 0 Å². The summed E-state index contributed by atoms with van der Waals surface area (Å²) in [4.78, 5) is 18.0. The van der Waals surface area contributed by atoms with Crippen molar-refractivity contribution in [3.8, 4) is 5.75 Å². The molecule has 1 amide bonds. The Bertz CT molecular complexity index is 932. The molecular weight excluding hydrogens is 307 g/mol. The number of aromatic amines is 1. The number of amides is 1. The van der Waals surface area contributed by atoms with Crippen LogP contribution in [0.3, 0.4) is 0 Å². The van der Waals surface area contributed by atoms with Gasteiger partial charge in [0.2, 0.25) is 0 Å². The normalized spacial score (nSPS) is 13.8. The minimum atomic E-state index is -0.266. The van der Waals surface area contributed by atoms with E-state index in [0.717, 1.165) is 28.6 Å². The standard InChI is InChI=1S/C19H17FN2O2/c1-24-18-5-3-2-4-13(18)19(23)22-9-8-17-15(11-22)14-10-12(20)6-7-16(14)21-17/h2-7,10,21H,8-9,11H2,1H3. The maximum atomic E-state index is 13.6. The van der Waals surface area contributed by atoms with Crippen molar-refractivity contribution in [1.29, 1.82) is 0 Å². The van der Waals surface area contributed by atoms with Crippen molar-refractivity contribution in [2.75, 3.05) is 13.7 Å². The fraction of sp³-hybridized carbons (Fsp3) is 0.211. The summed E-state index contributed by atoms with van der Waals surface area (Å²) in [5, 5.41) is 0.850. The van der Waals surface area contributed by atoms with Crippen LogP contribution in [-0.2, 0) is 13.0 Å². The van der Waals surface area contributed by atoms with E-state index < -0.39 is 0 Å². The summed E-state index contributed by atoms with van der Waals surface area (Å²) in [5.74, 6) is 0.236. The highest BCUT2D eigenvalue weighted by atomic mass is 19.1. The van der Waals surface area contributed by atoms with Crippen molar-refractivity contribution in [3.05, 3.63) is 65.1 Å². The molecule has 5 heteroatoms. The van der Waals surface area contributed by atoms with Crippen LogP contribution in [0.4, 0.5) is 4.39 Å². The van der Waals surface area contributed by atoms with Gasteiger partial charge in [0.25, 0.3) is 5.91 Å². The second kappa shape index (κ2) is 5.67. The molecule has 0 bridgehead atoms. The first-order valence-corrected chi connectivity index (χ1v) is 7.88. The second-order valence-corrected chi connectivity index (χ2v) is 5.95. The Labute approximate surface area is 138 Å². The largest absolute Gasteiger partial charge is 0.496 e. The Morgan fingerprint density at radius 1 is 1.25 bits per heavy atom. The van der Waals surface area contributed by atoms with Gasteiger partial charge in [-0.25, -0.2) is 4.39 Å². The van der Waals surface area contributed by atoms with Crippen LogP contribution in [0.1, 0.15) is 21.6 Å². The highest BCUT2D eigenvalue weighted by Crippen LogP contribution is 2.30. The van der Waals surface area contributed by atoms with Gasteiger partial charge in [-0.1, -0.05) is 12.1 Å². The van der Waals surface area contributed by atoms with Gasteiger partial charge in [0.1, 0.15) is 11.6 Å². The van der Waals surface area contributed by atoms with E-state index in [1.807, 2.05) is 12.1 Å². The molecule has 0 fully saturated rings. The summed E-state index contributed by atoms with van der Waals surface area (Å²) in [6.45, 7) is 1.09. The van der Waals surface area contributed by atoms with Crippen molar-refractivity contribution < 1.29 is 13.9 Å². The number of para-hydroxylation sites is 1. The molecule has 1 aliphatic rings. The van der Waals surface area contributed by atoms with Crippen LogP contribution >= 0.6 is 0 Å². The zero-order valence-corrected chi connectivity index (χ0v) is 13.3. The van der Waals surface area contributed by atoms with E-state index in [4.69, 9.17) is 4.74 Å². The molecule has 0 unspecified atom stereocenters. The number of hydrogen-bond donors (Lipinski definition) is 1. The summed E-state index contributed by atoms with van der Waals surface area (Å²) in [6.07, 6.45) is 0.729. The van der Waals surface area contributed by atoms with Gasteiger partial charge < -0.3 is 14.6 Å². The van der Waals surface area contributed by atoms with E-state index in [9.17, 15) is 9.18 Å². The molecule has 0 atom stereocenters. The number of carbonyl (C=O) groups excluding carboxylic acids is 1. The minimum absolute atomic E-state index is 0.0659. The van der Waals surface area contributed by atoms with E-state index in [1.165, 1.54) is 12.1 Å². The highest BCUT2D eigenvalue weighted by molar-refractivity contribution is 5.97. The third-order valence-corrected chi connectivity index (χ3v) is 4.56. The zero-order valence-electron chi connectivity index (χ0n) is 13.3. The van der Waals surface area contributed by atoms with E-state index in [1.54, 1.807) is 30.2 Å². The first-order chi connectivity index (χ1) is 11.7. The number of ether oxygens (including phenoxy) is 1. The number of H-pyrrole nitrogens is 1. The molecular formula is C19H17FN2O2. The quantitative estimate of drug-likeness (QED) is 0.784. The van der Waals surface area contributed by atoms with Crippen LogP contribution in [0, 0.1) is 5.82 Å². The lowest BCUT2D eigenvalue weighted by molar-refractivity contribution is 0.0731. The summed E-state index contributed by atoms with van der Waals surface area (Å²) >= 11 is 0. The monoisotopic (exact) mass is 324 g/mol. The average Bonchev–Trinajstić information content (AvgIpc) is 2.98. The molecule has 0 saturated heterocycles. The van der Waals surface area contributed by atoms with Crippen molar-refractivity contribution in [1.82, 2.24) is 9.88 Å². The number of hydrogen-bond acceptors (Lipinski definition) is 2. The van der Waals surface area contributed by atoms with Gasteiger partial charge in [0.05, 0.1) is 12.7 Å². The SMILES string of the molecule is COc1ccccc1C(=O)N1CCc2[nH]c3ccc(F)cc3c2C1. The van der Waals surface area contributed by atoms with Crippen molar-refractivity contribution in [2.24, 2.45) is 0 Å². The lowest BCUT2D eigenvalue weighted by Crippen LogP contribution is -2.36. The third-order valence-electron chi connectivity index (χ3n) is 4.56. The molecule has 0 saturated carbocycles. The Kier molecular flexibility index (Phi) is 3.49. The predicted octanol–water partition coefficient (Wildman–Crippen LogP) is 3.51. The van der Waals surface area contributed by atoms with Gasteiger partial charge in [-0.2, -0.15) is 0 Å². The van der Waals surface area contributed by atoms with Crippen LogP contribution in [0.2, 0.25) is 0 Å². The van der Waals surface area contributed by atoms with Crippen molar-refractivity contribution in [2.45, 2.75) is 13.0 Å². The number of nitrogens with one attached hydrogen (secondary N) is 1. The van der Waals surface area contributed by atoms with Crippen molar-refractivity contribution >= 4 is 16.8 Å². The molecule has 122 valence electrons. The van der Waals surface area contributed by atoms with Gasteiger partial charge >= 0.3 is 0 Å². The Morgan fingerprint density at radius 3 is 2.92 bits per heavy atom. The number of benzene rings is 2. The Balaban J connectivity index is 1.70. The molecule has 1 aliphatic heterocycles. The number of methoxy groups -OCH3 is 1. The van der Waals surface area contributed by atoms with Gasteiger partial charge in [-0.05, 0) is 30.3 Å². The van der Waals surface area contributed by atoms with Gasteiger partial charge in [0, 0.05) is 41.7 Å². The number of carbonyl (C=O) groups is 1. The topological polar surface area (TPSA) is 45.3 Å². The smallest absolute Gasteiger partial charge is 0.257 e. The average molecular weight is 324 g/mol. The zero-order chi connectivity index (χ0) is 16.7. The van der Waals surface area contributed by atoms with Crippen LogP contribution in [0.25, 0.3) is 10.9 Å². The molecule has 0 radical (unpaired) electrons. The van der Waals surface area contributed by atoms with Gasteiger partial charge in [-0.3, -0.25) is 4.79 Å². The van der Waals surface area contributed by atoms with Gasteiger partial charge in [-0.15, -0.1) is 0 Å². The van der Waals surface area contributed by atoms with Gasteiger partial charge in [0.15, 0.2) is 0 Å². The predicted molar refractivity (Wildman–Crippen MR) is 89.7 cm³/mol. The number of aromatic nitrogens is 1. The first kappa shape index (κ1) is 14.8. The lowest BCUT2D eigenvalue weighted by atomic mass is 10.0. The third kappa shape index (κ3) is 2.33. The molecule has 2 aromatic carbocycles.